The Morgan fingerprint density at radius 1 is 1.06 bits per heavy atom. The molecule has 3 aromatic rings. The van der Waals surface area contributed by atoms with Gasteiger partial charge in [0.2, 0.25) is 0 Å². The first-order chi connectivity index (χ1) is 16.4. The molecular formula is C26H32ClN5O3. The van der Waals surface area contributed by atoms with Gasteiger partial charge in [0.25, 0.3) is 0 Å². The van der Waals surface area contributed by atoms with Crippen molar-refractivity contribution >= 4 is 24.2 Å². The van der Waals surface area contributed by atoms with Crippen molar-refractivity contribution in [1.29, 1.82) is 5.41 Å². The molecule has 9 heteroatoms. The third-order valence-corrected chi connectivity index (χ3v) is 6.38. The van der Waals surface area contributed by atoms with Crippen LogP contribution in [0.15, 0.2) is 53.3 Å². The highest BCUT2D eigenvalue weighted by Gasteiger charge is 2.16. The number of ether oxygens (including phenoxy) is 1. The van der Waals surface area contributed by atoms with Crippen LogP contribution in [0.5, 0.6) is 0 Å². The summed E-state index contributed by atoms with van der Waals surface area (Å²) >= 11 is 0. The highest BCUT2D eigenvalue weighted by molar-refractivity contribution is 5.95. The van der Waals surface area contributed by atoms with Gasteiger partial charge in [-0.25, -0.2) is 9.36 Å². The summed E-state index contributed by atoms with van der Waals surface area (Å²) in [6.45, 7) is 2.32. The van der Waals surface area contributed by atoms with E-state index in [1.807, 2.05) is 24.3 Å². The molecule has 186 valence electrons. The van der Waals surface area contributed by atoms with Crippen LogP contribution in [0.4, 0.5) is 0 Å². The Morgan fingerprint density at radius 3 is 2.31 bits per heavy atom. The van der Waals surface area contributed by atoms with Crippen LogP contribution >= 0.6 is 12.4 Å². The number of aromatic nitrogens is 3. The Hall–Kier alpha value is -3.39. The quantitative estimate of drug-likeness (QED) is 0.276. The number of carbonyl (C=O) groups is 1. The van der Waals surface area contributed by atoms with E-state index in [2.05, 4.69) is 5.10 Å². The van der Waals surface area contributed by atoms with Gasteiger partial charge < -0.3 is 10.5 Å². The fourth-order valence-corrected chi connectivity index (χ4v) is 4.41. The van der Waals surface area contributed by atoms with Gasteiger partial charge in [-0.1, -0.05) is 31.4 Å². The van der Waals surface area contributed by atoms with Crippen molar-refractivity contribution in [2.75, 3.05) is 6.61 Å². The van der Waals surface area contributed by atoms with Crippen molar-refractivity contribution in [2.24, 2.45) is 11.7 Å². The molecule has 0 radical (unpaired) electrons. The highest BCUT2D eigenvalue weighted by atomic mass is 35.5. The van der Waals surface area contributed by atoms with E-state index in [9.17, 15) is 9.59 Å². The van der Waals surface area contributed by atoms with Crippen molar-refractivity contribution < 1.29 is 9.53 Å². The maximum Gasteiger partial charge on any atom is 0.355 e. The average Bonchev–Trinajstić information content (AvgIpc) is 3.16. The van der Waals surface area contributed by atoms with E-state index in [-0.39, 0.29) is 29.9 Å². The summed E-state index contributed by atoms with van der Waals surface area (Å²) in [5.74, 6) is 0.892. The number of nitrogens with two attached hydrogens (primary N) is 1. The zero-order chi connectivity index (χ0) is 24.1. The number of aryl methyl sites for hydroxylation is 2. The number of esters is 1. The molecule has 1 saturated carbocycles. The fraction of sp³-hybridized carbons (Fsp3) is 0.385. The molecule has 1 heterocycles. The Morgan fingerprint density at radius 2 is 1.69 bits per heavy atom. The number of nitrogens with one attached hydrogen (secondary N) is 1. The lowest BCUT2D eigenvalue weighted by Gasteiger charge is -2.21. The molecule has 1 aliphatic rings. The van der Waals surface area contributed by atoms with Crippen molar-refractivity contribution in [3.8, 4) is 11.4 Å². The Labute approximate surface area is 211 Å². The van der Waals surface area contributed by atoms with Crippen LogP contribution in [0.25, 0.3) is 11.4 Å². The van der Waals surface area contributed by atoms with Gasteiger partial charge in [-0.05, 0) is 74.1 Å². The molecule has 1 aromatic heterocycles. The van der Waals surface area contributed by atoms with Crippen molar-refractivity contribution in [1.82, 2.24) is 14.3 Å². The second-order valence-electron chi connectivity index (χ2n) is 8.89. The van der Waals surface area contributed by atoms with Gasteiger partial charge in [0.15, 0.2) is 0 Å². The lowest BCUT2D eigenvalue weighted by Crippen LogP contribution is -2.23. The van der Waals surface area contributed by atoms with E-state index in [0.29, 0.717) is 48.1 Å². The third kappa shape index (κ3) is 6.39. The molecule has 3 N–H and O–H groups in total. The average molecular weight is 498 g/mol. The summed E-state index contributed by atoms with van der Waals surface area (Å²) < 4.78 is 8.35. The molecule has 0 saturated heterocycles. The third-order valence-electron chi connectivity index (χ3n) is 6.38. The molecular weight excluding hydrogens is 466 g/mol. The van der Waals surface area contributed by atoms with Crippen LogP contribution in [0, 0.1) is 18.3 Å². The smallest absolute Gasteiger partial charge is 0.355 e. The zero-order valence-corrected chi connectivity index (χ0v) is 20.7. The maximum absolute atomic E-state index is 13.0. The number of hydrogen-bond donors (Lipinski definition) is 2. The van der Waals surface area contributed by atoms with Crippen LogP contribution in [0.1, 0.15) is 55.5 Å². The number of rotatable bonds is 8. The minimum absolute atomic E-state index is 0. The monoisotopic (exact) mass is 497 g/mol. The summed E-state index contributed by atoms with van der Waals surface area (Å²) in [6, 6.07) is 14.4. The fourth-order valence-electron chi connectivity index (χ4n) is 4.41. The van der Waals surface area contributed by atoms with Crippen LogP contribution < -0.4 is 11.4 Å². The molecule has 0 aliphatic heterocycles. The lowest BCUT2D eigenvalue weighted by molar-refractivity contribution is -0.145. The first-order valence-corrected chi connectivity index (χ1v) is 11.8. The number of halogens is 1. The van der Waals surface area contributed by atoms with Crippen molar-refractivity contribution in [3.63, 3.8) is 0 Å². The van der Waals surface area contributed by atoms with E-state index in [0.717, 1.165) is 18.4 Å². The molecule has 2 aromatic carbocycles. The normalized spacial score (nSPS) is 13.7. The van der Waals surface area contributed by atoms with E-state index in [1.54, 1.807) is 35.8 Å². The molecule has 0 unspecified atom stereocenters. The van der Waals surface area contributed by atoms with Crippen LogP contribution in [-0.2, 0) is 16.0 Å². The molecule has 8 nitrogen and oxygen atoms in total. The lowest BCUT2D eigenvalue weighted by atomic mass is 9.90. The van der Waals surface area contributed by atoms with Gasteiger partial charge in [-0.2, -0.15) is 4.68 Å². The molecule has 0 spiro atoms. The number of benzene rings is 2. The number of carbonyl (C=O) groups excluding carboxylic acids is 1. The van der Waals surface area contributed by atoms with Crippen LogP contribution in [0.3, 0.4) is 0 Å². The zero-order valence-electron chi connectivity index (χ0n) is 19.9. The minimum Gasteiger partial charge on any atom is -0.465 e. The molecule has 4 rings (SSSR count). The second kappa shape index (κ2) is 11.8. The van der Waals surface area contributed by atoms with Crippen LogP contribution in [-0.4, -0.2) is 32.8 Å². The Bertz CT molecular complexity index is 1210. The molecule has 1 aliphatic carbocycles. The SMILES string of the molecule is Cc1nn(-c2ccc(C(=N)N)cc2)c(=O)n1-c1ccc(CCC(=O)OCC2CCCCC2)cc1.Cl. The van der Waals surface area contributed by atoms with Gasteiger partial charge in [0.1, 0.15) is 11.7 Å². The topological polar surface area (TPSA) is 116 Å². The van der Waals surface area contributed by atoms with Gasteiger partial charge in [-0.3, -0.25) is 10.2 Å². The van der Waals surface area contributed by atoms with Gasteiger partial charge in [0.05, 0.1) is 18.0 Å². The second-order valence-corrected chi connectivity index (χ2v) is 8.89. The molecule has 35 heavy (non-hydrogen) atoms. The standard InChI is InChI=1S/C26H31N5O3.ClH/c1-18-29-31(23-14-10-21(11-15-23)25(27)28)26(33)30(18)22-12-7-19(8-13-22)9-16-24(32)34-17-20-5-3-2-4-6-20;/h7-8,10-15,20H,2-6,9,16-17H2,1H3,(H3,27,28);1H. The van der Waals surface area contributed by atoms with E-state index >= 15 is 0 Å². The summed E-state index contributed by atoms with van der Waals surface area (Å²) in [6.07, 6.45) is 7.03. The first-order valence-electron chi connectivity index (χ1n) is 11.8. The van der Waals surface area contributed by atoms with Crippen molar-refractivity contribution in [3.05, 3.63) is 76.0 Å². The van der Waals surface area contributed by atoms with E-state index in [4.69, 9.17) is 15.9 Å². The van der Waals surface area contributed by atoms with Gasteiger partial charge in [0, 0.05) is 12.0 Å². The predicted molar refractivity (Wildman–Crippen MR) is 138 cm³/mol. The largest absolute Gasteiger partial charge is 0.465 e. The maximum atomic E-state index is 13.0. The van der Waals surface area contributed by atoms with E-state index in [1.165, 1.54) is 23.9 Å². The summed E-state index contributed by atoms with van der Waals surface area (Å²) in [4.78, 5) is 25.2. The molecule has 0 bridgehead atoms. The number of nitrogens with zero attached hydrogens (tertiary/aromatic N) is 3. The first kappa shape index (κ1) is 26.2. The Kier molecular flexibility index (Phi) is 8.87. The minimum atomic E-state index is -0.285. The van der Waals surface area contributed by atoms with E-state index < -0.39 is 0 Å². The van der Waals surface area contributed by atoms with Gasteiger partial charge >= 0.3 is 11.7 Å². The molecule has 1 fully saturated rings. The number of amidine groups is 1. The molecule has 0 amide bonds. The predicted octanol–water partition coefficient (Wildman–Crippen LogP) is 4.09. The number of nitrogen functional groups attached to an aromatic ring is 1. The van der Waals surface area contributed by atoms with Gasteiger partial charge in [-0.15, -0.1) is 17.5 Å². The number of hydrogen-bond acceptors (Lipinski definition) is 5. The van der Waals surface area contributed by atoms with Crippen molar-refractivity contribution in [2.45, 2.75) is 51.9 Å². The highest BCUT2D eigenvalue weighted by Crippen LogP contribution is 2.24. The summed E-state index contributed by atoms with van der Waals surface area (Å²) in [7, 11) is 0. The summed E-state index contributed by atoms with van der Waals surface area (Å²) in [5.41, 5.74) is 8.12. The Balaban J connectivity index is 0.00000342. The molecule has 0 atom stereocenters. The van der Waals surface area contributed by atoms with Crippen LogP contribution in [0.2, 0.25) is 0 Å². The summed E-state index contributed by atoms with van der Waals surface area (Å²) in [5, 5.41) is 11.9.